The van der Waals surface area contributed by atoms with Gasteiger partial charge >= 0.3 is 18.1 Å². The van der Waals surface area contributed by atoms with Crippen LogP contribution in [0.15, 0.2) is 76.4 Å². The second-order valence-electron chi connectivity index (χ2n) is 10.7. The monoisotopic (exact) mass is 789 g/mol. The minimum atomic E-state index is -1.31. The number of nitrogens with one attached hydrogen (secondary N) is 1. The third-order valence-electron chi connectivity index (χ3n) is 7.29. The number of oxime groups is 1. The van der Waals surface area contributed by atoms with Crippen molar-refractivity contribution in [3.8, 4) is 0 Å². The molecule has 1 aromatic heterocycles. The summed E-state index contributed by atoms with van der Waals surface area (Å²) in [6, 6.07) is 17.1. The van der Waals surface area contributed by atoms with Gasteiger partial charge in [0.1, 0.15) is 27.1 Å². The summed E-state index contributed by atoms with van der Waals surface area (Å²) in [5.41, 5.74) is 6.65. The van der Waals surface area contributed by atoms with Gasteiger partial charge in [0, 0.05) is 17.6 Å². The zero-order chi connectivity index (χ0) is 37.4. The summed E-state index contributed by atoms with van der Waals surface area (Å²) < 4.78 is 20.6. The number of hydrogen-bond donors (Lipinski definition) is 2. The first-order valence-electron chi connectivity index (χ1n) is 15.5. The van der Waals surface area contributed by atoms with E-state index in [0.717, 1.165) is 22.5 Å². The molecule has 0 spiro atoms. The molecule has 1 fully saturated rings. The number of amides is 2. The maximum atomic E-state index is 13.7. The van der Waals surface area contributed by atoms with Gasteiger partial charge in [0.05, 0.1) is 6.61 Å². The third-order valence-corrected chi connectivity index (χ3v) is 10.7. The number of thioether (sulfide) groups is 2. The molecule has 0 radical (unpaired) electrons. The highest BCUT2D eigenvalue weighted by Gasteiger charge is 2.55. The zero-order valence-electron chi connectivity index (χ0n) is 27.8. The van der Waals surface area contributed by atoms with Gasteiger partial charge < -0.3 is 34.8 Å². The Labute approximate surface area is 315 Å². The molecule has 5 rings (SSSR count). The minimum Gasteiger partial charge on any atom is -0.450 e. The summed E-state index contributed by atoms with van der Waals surface area (Å²) in [7, 11) is 0. The number of carbonyl (C=O) groups excluding carboxylic acids is 5. The summed E-state index contributed by atoms with van der Waals surface area (Å²) in [6.07, 6.45) is -1.34. The average molecular weight is 790 g/mol. The van der Waals surface area contributed by atoms with Crippen LogP contribution in [-0.4, -0.2) is 88.4 Å². The number of benzene rings is 2. The summed E-state index contributed by atoms with van der Waals surface area (Å²) in [5.74, 6) is -2.91. The molecule has 2 aliphatic rings. The van der Waals surface area contributed by atoms with Crippen LogP contribution in [0.25, 0.3) is 0 Å². The molecule has 3 atom stereocenters. The number of esters is 2. The number of nitrogens with two attached hydrogens (primary N) is 1. The van der Waals surface area contributed by atoms with Crippen LogP contribution in [0.3, 0.4) is 0 Å². The number of anilines is 1. The first kappa shape index (κ1) is 38.5. The Morgan fingerprint density at radius 2 is 1.73 bits per heavy atom. The van der Waals surface area contributed by atoms with E-state index in [1.807, 2.05) is 60.7 Å². The van der Waals surface area contributed by atoms with Crippen molar-refractivity contribution >= 4 is 87.2 Å². The fourth-order valence-corrected chi connectivity index (χ4v) is 8.19. The van der Waals surface area contributed by atoms with Gasteiger partial charge in [-0.05, 0) is 24.3 Å². The molecule has 2 amide bonds. The summed E-state index contributed by atoms with van der Waals surface area (Å²) >= 11 is 9.74. The molecule has 2 unspecified atom stereocenters. The summed E-state index contributed by atoms with van der Waals surface area (Å²) in [4.78, 5) is 76.1. The highest BCUT2D eigenvalue weighted by molar-refractivity contribution is 8.05. The molecule has 52 heavy (non-hydrogen) atoms. The Kier molecular flexibility index (Phi) is 13.0. The number of rotatable bonds is 14. The lowest BCUT2D eigenvalue weighted by atomic mass is 10.0. The van der Waals surface area contributed by atoms with Crippen LogP contribution < -0.4 is 11.1 Å². The molecular formula is C33H32ClN5O10S3. The van der Waals surface area contributed by atoms with Crippen LogP contribution in [-0.2, 0) is 43.0 Å². The van der Waals surface area contributed by atoms with Crippen molar-refractivity contribution in [2.24, 2.45) is 5.16 Å². The predicted molar refractivity (Wildman–Crippen MR) is 194 cm³/mol. The van der Waals surface area contributed by atoms with Crippen molar-refractivity contribution in [1.29, 1.82) is 0 Å². The number of nitrogens with zero attached hydrogens (tertiary/aromatic N) is 3. The Bertz CT molecular complexity index is 1840. The number of carbonyl (C=O) groups is 5. The molecule has 0 bridgehead atoms. The molecule has 274 valence electrons. The lowest BCUT2D eigenvalue weighted by Crippen LogP contribution is -2.71. The normalized spacial score (nSPS) is 17.4. The van der Waals surface area contributed by atoms with Gasteiger partial charge in [0.15, 0.2) is 16.9 Å². The van der Waals surface area contributed by atoms with Crippen LogP contribution in [0.5, 0.6) is 0 Å². The molecule has 0 aliphatic carbocycles. The van der Waals surface area contributed by atoms with Gasteiger partial charge in [-0.25, -0.2) is 19.4 Å². The highest BCUT2D eigenvalue weighted by Crippen LogP contribution is 2.43. The quantitative estimate of drug-likeness (QED) is 0.0579. The maximum absolute atomic E-state index is 13.7. The van der Waals surface area contributed by atoms with Gasteiger partial charge in [0.2, 0.25) is 12.9 Å². The first-order valence-corrected chi connectivity index (χ1v) is 19.0. The maximum Gasteiger partial charge on any atom is 0.511 e. The van der Waals surface area contributed by atoms with Gasteiger partial charge in [-0.15, -0.1) is 23.5 Å². The van der Waals surface area contributed by atoms with Crippen LogP contribution in [0.4, 0.5) is 9.93 Å². The number of fused-ring (bicyclic) bond motifs is 1. The average Bonchev–Trinajstić information content (AvgIpc) is 3.47. The van der Waals surface area contributed by atoms with Crippen LogP contribution in [0.1, 0.15) is 36.8 Å². The van der Waals surface area contributed by atoms with E-state index in [9.17, 15) is 24.0 Å². The molecule has 3 heterocycles. The van der Waals surface area contributed by atoms with E-state index in [2.05, 4.69) is 15.5 Å². The smallest absolute Gasteiger partial charge is 0.450 e. The Balaban J connectivity index is 1.28. The lowest BCUT2D eigenvalue weighted by Gasteiger charge is -2.49. The van der Waals surface area contributed by atoms with Crippen molar-refractivity contribution in [3.63, 3.8) is 0 Å². The molecule has 2 aromatic carbocycles. The van der Waals surface area contributed by atoms with E-state index in [0.29, 0.717) is 10.7 Å². The Hall–Kier alpha value is -4.78. The van der Waals surface area contributed by atoms with Crippen molar-refractivity contribution in [2.75, 3.05) is 31.0 Å². The lowest BCUT2D eigenvalue weighted by molar-refractivity contribution is -0.168. The molecule has 19 heteroatoms. The largest absolute Gasteiger partial charge is 0.511 e. The zero-order valence-corrected chi connectivity index (χ0v) is 31.0. The number of halogens is 1. The van der Waals surface area contributed by atoms with Crippen LogP contribution >= 0.6 is 46.5 Å². The van der Waals surface area contributed by atoms with E-state index in [1.165, 1.54) is 35.3 Å². The highest BCUT2D eigenvalue weighted by atomic mass is 35.5. The number of hydrogen-bond acceptors (Lipinski definition) is 16. The first-order chi connectivity index (χ1) is 25.0. The number of nitrogen functional groups attached to an aromatic ring is 1. The van der Waals surface area contributed by atoms with Crippen molar-refractivity contribution in [2.45, 2.75) is 37.7 Å². The second kappa shape index (κ2) is 17.6. The van der Waals surface area contributed by atoms with Crippen molar-refractivity contribution in [1.82, 2.24) is 15.2 Å². The number of β-lactam (4-membered cyclic amide) rings is 1. The SMILES string of the molecule is CCOC(=O)OC(C)OC(=O)C1=C(SC)CS[C@@H]2C(NC(=O)/C(=N\OCC(=O)OC(c3ccccc3)c3ccccc3)c3nc(N)sc3Cl)C(=O)N12. The fraction of sp³-hybridized carbons (Fsp3) is 0.303. The third kappa shape index (κ3) is 8.98. The Morgan fingerprint density at radius 3 is 2.31 bits per heavy atom. The van der Waals surface area contributed by atoms with Gasteiger partial charge in [-0.2, -0.15) is 0 Å². The van der Waals surface area contributed by atoms with Gasteiger partial charge in [0.25, 0.3) is 11.8 Å². The molecule has 3 N–H and O–H groups in total. The predicted octanol–water partition coefficient (Wildman–Crippen LogP) is 4.47. The molecule has 3 aromatic rings. The molecule has 15 nitrogen and oxygen atoms in total. The minimum absolute atomic E-state index is 0.0103. The van der Waals surface area contributed by atoms with Crippen LogP contribution in [0, 0.1) is 0 Å². The van der Waals surface area contributed by atoms with E-state index in [1.54, 1.807) is 13.2 Å². The summed E-state index contributed by atoms with van der Waals surface area (Å²) in [6.45, 7) is 2.29. The van der Waals surface area contributed by atoms with Crippen LogP contribution in [0.2, 0.25) is 4.34 Å². The molecule has 0 saturated carbocycles. The molecular weight excluding hydrogens is 758 g/mol. The fourth-order valence-electron chi connectivity index (χ4n) is 5.02. The van der Waals surface area contributed by atoms with Crippen molar-refractivity contribution < 1.29 is 47.8 Å². The molecule has 1 saturated heterocycles. The molecule has 2 aliphatic heterocycles. The van der Waals surface area contributed by atoms with E-state index in [4.69, 9.17) is 41.1 Å². The second-order valence-corrected chi connectivity index (χ2v) is 14.3. The Morgan fingerprint density at radius 1 is 1.08 bits per heavy atom. The van der Waals surface area contributed by atoms with Gasteiger partial charge in [-0.3, -0.25) is 14.5 Å². The van der Waals surface area contributed by atoms with E-state index >= 15 is 0 Å². The van der Waals surface area contributed by atoms with Crippen molar-refractivity contribution in [3.05, 3.63) is 92.4 Å². The summed E-state index contributed by atoms with van der Waals surface area (Å²) in [5, 5.41) is 5.80. The number of thiazole rings is 1. The number of aromatic nitrogens is 1. The standard InChI is InChI=1S/C33H32ClN5O10S3/c1-4-45-33(44)48-17(2)47-31(43)25-20(50-3)16-51-30-24(29(42)39(25)30)36-28(41)23(22-27(34)52-32(35)37-22)38-46-15-21(40)49-26(18-11-7-5-8-12-18)19-13-9-6-10-14-19/h5-14,17,24,26,30H,4,15-16H2,1-3H3,(H2,35,37)(H,36,41)/b38-23-/t17?,24?,30-/m1/s1. The van der Waals surface area contributed by atoms with E-state index in [-0.39, 0.29) is 27.5 Å². The van der Waals surface area contributed by atoms with E-state index < -0.39 is 66.0 Å². The topological polar surface area (TPSA) is 198 Å². The van der Waals surface area contributed by atoms with Gasteiger partial charge in [-0.1, -0.05) is 88.8 Å². The number of ether oxygens (including phenoxy) is 4.